The van der Waals surface area contributed by atoms with Gasteiger partial charge in [0.1, 0.15) is 5.82 Å². The predicted octanol–water partition coefficient (Wildman–Crippen LogP) is 2.65. The molecule has 0 spiro atoms. The highest BCUT2D eigenvalue weighted by molar-refractivity contribution is 8.13. The lowest BCUT2D eigenvalue weighted by Gasteiger charge is -2.37. The Hall–Kier alpha value is -1.77. The monoisotopic (exact) mass is 305 g/mol. The predicted molar refractivity (Wildman–Crippen MR) is 69.4 cm³/mol. The second-order valence-corrected chi connectivity index (χ2v) is 5.43. The summed E-state index contributed by atoms with van der Waals surface area (Å²) in [7, 11) is 0. The van der Waals surface area contributed by atoms with Crippen molar-refractivity contribution in [2.75, 3.05) is 5.75 Å². The summed E-state index contributed by atoms with van der Waals surface area (Å²) in [6.07, 6.45) is 0. The van der Waals surface area contributed by atoms with Crippen molar-refractivity contribution in [3.05, 3.63) is 39.7 Å². The number of amidine groups is 1. The van der Waals surface area contributed by atoms with E-state index in [2.05, 4.69) is 4.99 Å². The number of hydrogen-bond donors (Lipinski definition) is 1. The van der Waals surface area contributed by atoms with Crippen LogP contribution >= 0.6 is 11.8 Å². The average Bonchev–Trinajstić information content (AvgIpc) is 2.35. The van der Waals surface area contributed by atoms with Gasteiger partial charge in [-0.15, -0.1) is 0 Å². The van der Waals surface area contributed by atoms with Crippen molar-refractivity contribution in [1.29, 1.82) is 0 Å². The Kier molecular flexibility index (Phi) is 3.41. The first kappa shape index (κ1) is 14.6. The summed E-state index contributed by atoms with van der Waals surface area (Å²) in [6.45, 7) is 1.02. The molecule has 1 atom stereocenters. The normalized spacial score (nSPS) is 25.1. The van der Waals surface area contributed by atoms with Gasteiger partial charge in [0.25, 0.3) is 11.6 Å². The van der Waals surface area contributed by atoms with Gasteiger partial charge in [-0.2, -0.15) is 0 Å². The van der Waals surface area contributed by atoms with Crippen LogP contribution in [0.25, 0.3) is 0 Å². The maximum absolute atomic E-state index is 14.1. The zero-order valence-electron chi connectivity index (χ0n) is 10.3. The largest absolute Gasteiger partial charge is 0.379 e. The lowest BCUT2D eigenvalue weighted by atomic mass is 9.86. The number of hydrogen-bond acceptors (Lipinski definition) is 5. The molecule has 0 fully saturated rings. The van der Waals surface area contributed by atoms with Gasteiger partial charge in [-0.05, 0) is 13.0 Å². The standard InChI is InChI=1S/C11H10F3N3O2S/c1-10(11(13,14)5-20-9(15)16-10)7-4-6(17(18)19)2-3-8(7)12/h2-4H,5H2,1H3,(H2,15,16)/t10-/m1/s1. The molecule has 9 heteroatoms. The number of halogens is 3. The number of benzene rings is 1. The molecule has 1 aliphatic rings. The van der Waals surface area contributed by atoms with E-state index in [1.54, 1.807) is 0 Å². The zero-order valence-corrected chi connectivity index (χ0v) is 11.1. The third kappa shape index (κ3) is 2.21. The first-order chi connectivity index (χ1) is 9.17. The number of non-ortho nitro benzene ring substituents is 1. The van der Waals surface area contributed by atoms with Gasteiger partial charge in [-0.1, -0.05) is 11.8 Å². The third-order valence-electron chi connectivity index (χ3n) is 3.13. The van der Waals surface area contributed by atoms with Crippen molar-refractivity contribution in [3.8, 4) is 0 Å². The number of rotatable bonds is 2. The SMILES string of the molecule is C[C@]1(c2cc([N+](=O)[O-])ccc2F)N=C(N)SCC1(F)F. The summed E-state index contributed by atoms with van der Waals surface area (Å²) in [4.78, 5) is 13.6. The molecular weight excluding hydrogens is 295 g/mol. The Balaban J connectivity index is 2.66. The van der Waals surface area contributed by atoms with E-state index < -0.39 is 39.2 Å². The van der Waals surface area contributed by atoms with Crippen LogP contribution in [0.3, 0.4) is 0 Å². The van der Waals surface area contributed by atoms with Gasteiger partial charge in [0.2, 0.25) is 0 Å². The molecule has 0 unspecified atom stereocenters. The van der Waals surface area contributed by atoms with Crippen LogP contribution in [-0.2, 0) is 5.54 Å². The number of nitrogens with zero attached hydrogens (tertiary/aromatic N) is 2. The highest BCUT2D eigenvalue weighted by atomic mass is 32.2. The fraction of sp³-hybridized carbons (Fsp3) is 0.364. The number of nitro benzene ring substituents is 1. The van der Waals surface area contributed by atoms with Gasteiger partial charge in [-0.25, -0.2) is 18.2 Å². The number of thioether (sulfide) groups is 1. The molecule has 2 rings (SSSR count). The van der Waals surface area contributed by atoms with E-state index in [4.69, 9.17) is 5.73 Å². The Morgan fingerprint density at radius 1 is 1.50 bits per heavy atom. The van der Waals surface area contributed by atoms with Crippen LogP contribution < -0.4 is 5.73 Å². The van der Waals surface area contributed by atoms with Crippen LogP contribution in [0.2, 0.25) is 0 Å². The molecule has 0 saturated heterocycles. The van der Waals surface area contributed by atoms with Gasteiger partial charge >= 0.3 is 0 Å². The van der Waals surface area contributed by atoms with E-state index in [0.29, 0.717) is 11.8 Å². The third-order valence-corrected chi connectivity index (χ3v) is 4.03. The van der Waals surface area contributed by atoms with Crippen molar-refractivity contribution >= 4 is 22.6 Å². The van der Waals surface area contributed by atoms with Crippen molar-refractivity contribution in [2.45, 2.75) is 18.4 Å². The molecule has 20 heavy (non-hydrogen) atoms. The number of nitro groups is 1. The fourth-order valence-electron chi connectivity index (χ4n) is 1.90. The Bertz CT molecular complexity index is 609. The molecule has 1 aromatic carbocycles. The highest BCUT2D eigenvalue weighted by Gasteiger charge is 2.55. The van der Waals surface area contributed by atoms with Gasteiger partial charge in [0.15, 0.2) is 10.7 Å². The molecule has 2 N–H and O–H groups in total. The van der Waals surface area contributed by atoms with Crippen molar-refractivity contribution in [3.63, 3.8) is 0 Å². The van der Waals surface area contributed by atoms with E-state index in [1.807, 2.05) is 0 Å². The molecule has 1 aromatic rings. The van der Waals surface area contributed by atoms with Gasteiger partial charge in [0, 0.05) is 17.7 Å². The molecule has 0 aromatic heterocycles. The Labute approximate surface area is 116 Å². The van der Waals surface area contributed by atoms with E-state index in [0.717, 1.165) is 25.1 Å². The minimum atomic E-state index is -3.38. The molecule has 0 aliphatic carbocycles. The molecule has 5 nitrogen and oxygen atoms in total. The first-order valence-electron chi connectivity index (χ1n) is 5.48. The molecule has 0 radical (unpaired) electrons. The molecule has 1 aliphatic heterocycles. The summed E-state index contributed by atoms with van der Waals surface area (Å²) in [5.74, 6) is -5.03. The van der Waals surface area contributed by atoms with Crippen LogP contribution in [0.5, 0.6) is 0 Å². The number of nitrogens with two attached hydrogens (primary N) is 1. The lowest BCUT2D eigenvalue weighted by Crippen LogP contribution is -2.48. The maximum Gasteiger partial charge on any atom is 0.286 e. The summed E-state index contributed by atoms with van der Waals surface area (Å²) >= 11 is 0.660. The summed E-state index contributed by atoms with van der Waals surface area (Å²) in [5, 5.41) is 10.6. The molecular formula is C11H10F3N3O2S. The summed E-state index contributed by atoms with van der Waals surface area (Å²) in [6, 6.07) is 2.46. The molecule has 108 valence electrons. The van der Waals surface area contributed by atoms with Crippen LogP contribution in [0, 0.1) is 15.9 Å². The number of aliphatic imine (C=N–C) groups is 1. The van der Waals surface area contributed by atoms with Crippen molar-refractivity contribution < 1.29 is 18.1 Å². The first-order valence-corrected chi connectivity index (χ1v) is 6.46. The minimum absolute atomic E-state index is 0.107. The highest BCUT2D eigenvalue weighted by Crippen LogP contribution is 2.47. The summed E-state index contributed by atoms with van der Waals surface area (Å²) in [5.41, 5.74) is 2.15. The second-order valence-electron chi connectivity index (χ2n) is 4.44. The van der Waals surface area contributed by atoms with E-state index in [1.165, 1.54) is 0 Å². The molecule has 1 heterocycles. The smallest absolute Gasteiger partial charge is 0.286 e. The fourth-order valence-corrected chi connectivity index (χ4v) is 2.75. The van der Waals surface area contributed by atoms with Crippen LogP contribution in [0.4, 0.5) is 18.9 Å². The van der Waals surface area contributed by atoms with Crippen LogP contribution in [0.15, 0.2) is 23.2 Å². The molecule has 0 amide bonds. The van der Waals surface area contributed by atoms with Crippen molar-refractivity contribution in [2.24, 2.45) is 10.7 Å². The van der Waals surface area contributed by atoms with Gasteiger partial charge < -0.3 is 5.73 Å². The molecule has 0 saturated carbocycles. The topological polar surface area (TPSA) is 81.5 Å². The summed E-state index contributed by atoms with van der Waals surface area (Å²) < 4.78 is 42.1. The van der Waals surface area contributed by atoms with E-state index in [-0.39, 0.29) is 5.17 Å². The number of alkyl halides is 2. The quantitative estimate of drug-likeness (QED) is 0.672. The zero-order chi connectivity index (χ0) is 15.1. The minimum Gasteiger partial charge on any atom is -0.379 e. The van der Waals surface area contributed by atoms with Crippen molar-refractivity contribution in [1.82, 2.24) is 0 Å². The van der Waals surface area contributed by atoms with Crippen LogP contribution in [-0.4, -0.2) is 21.8 Å². The van der Waals surface area contributed by atoms with Crippen LogP contribution in [0.1, 0.15) is 12.5 Å². The van der Waals surface area contributed by atoms with E-state index >= 15 is 0 Å². The second kappa shape index (κ2) is 4.65. The average molecular weight is 305 g/mol. The van der Waals surface area contributed by atoms with Gasteiger partial charge in [-0.3, -0.25) is 10.1 Å². The molecule has 0 bridgehead atoms. The lowest BCUT2D eigenvalue weighted by molar-refractivity contribution is -0.385. The Morgan fingerprint density at radius 3 is 2.75 bits per heavy atom. The maximum atomic E-state index is 14.1. The van der Waals surface area contributed by atoms with E-state index in [9.17, 15) is 23.3 Å². The van der Waals surface area contributed by atoms with Gasteiger partial charge in [0.05, 0.1) is 10.7 Å². The Morgan fingerprint density at radius 2 is 2.15 bits per heavy atom.